The quantitative estimate of drug-likeness (QED) is 0.109. The van der Waals surface area contributed by atoms with Crippen LogP contribution in [0.25, 0.3) is 34.2 Å². The predicted octanol–water partition coefficient (Wildman–Crippen LogP) is 19.3. The lowest BCUT2D eigenvalue weighted by molar-refractivity contribution is 0.581. The van der Waals surface area contributed by atoms with Gasteiger partial charge in [-0.15, -0.1) is 0 Å². The van der Waals surface area contributed by atoms with Crippen LogP contribution in [-0.4, -0.2) is 15.0 Å². The van der Waals surface area contributed by atoms with Gasteiger partial charge in [-0.3, -0.25) is 41.7 Å². The van der Waals surface area contributed by atoms with Crippen LogP contribution in [0.15, 0.2) is 328 Å². The third kappa shape index (κ3) is 8.74. The van der Waals surface area contributed by atoms with Gasteiger partial charge in [0.15, 0.2) is 17.5 Å². The number of aromatic nitrogens is 3. The molecule has 0 spiro atoms. The molecule has 12 aromatic carbocycles. The van der Waals surface area contributed by atoms with Crippen LogP contribution in [0.3, 0.4) is 0 Å². The highest BCUT2D eigenvalue weighted by molar-refractivity contribution is 7.77. The Morgan fingerprint density at radius 3 is 0.511 bits per heavy atom. The third-order valence-corrected chi connectivity index (χ3v) is 25.5. The average molecular weight is 1220 g/mol. The Labute approximate surface area is 522 Å². The van der Waals surface area contributed by atoms with Crippen molar-refractivity contribution in [1.82, 2.24) is 15.0 Å². The summed E-state index contributed by atoms with van der Waals surface area (Å²) in [6, 6.07) is 106. The summed E-state index contributed by atoms with van der Waals surface area (Å²) in [6.45, 7) is 0. The van der Waals surface area contributed by atoms with Crippen molar-refractivity contribution in [3.05, 3.63) is 328 Å². The van der Waals surface area contributed by atoms with Crippen molar-refractivity contribution in [2.45, 2.75) is 0 Å². The molecule has 0 saturated carbocycles. The standard InChI is InChI=1S/C75H54N9O3P3/c85-88(79(58-25-7-1-8-26-58)67-37-19-20-38-68(67)80(88)59-27-9-2-10-28-59)64-49-43-55(44-50-64)73-76-74(56-45-51-65(52-46-56)89(86)81(60-29-11-3-12-30-60)69-39-21-22-40-70(69)82(89)61-31-13-4-14-32-61)78-75(77-73)57-47-53-66(54-48-57)90(87)83(62-33-15-5-16-34-62)71-41-23-24-42-72(71)84(90)63-35-17-6-18-36-63/h1-54H. The fourth-order valence-electron chi connectivity index (χ4n) is 12.7. The lowest BCUT2D eigenvalue weighted by Gasteiger charge is -2.33. The SMILES string of the molecule is O=P1(c2ccc(-c3nc(-c4ccc(P5(=O)N(c6ccccc6)c6ccccc6N5c5ccccc5)cc4)nc(-c4ccc(P5(=O)N(c6ccccc6)c6ccccc6N5c5ccccc5)cc4)n3)cc2)N(c2ccccc2)c2ccccc2N1c1ccccc1. The van der Waals surface area contributed by atoms with E-state index in [0.717, 1.165) is 68.2 Å². The van der Waals surface area contributed by atoms with E-state index in [9.17, 15) is 0 Å². The van der Waals surface area contributed by atoms with Crippen LogP contribution in [0, 0.1) is 0 Å². The Balaban J connectivity index is 0.839. The summed E-state index contributed by atoms with van der Waals surface area (Å²) in [5, 5.41) is 1.81. The van der Waals surface area contributed by atoms with Gasteiger partial charge in [0.05, 0.1) is 50.0 Å². The zero-order valence-corrected chi connectivity index (χ0v) is 51.0. The molecule has 3 aliphatic heterocycles. The van der Waals surface area contributed by atoms with Crippen LogP contribution in [0.4, 0.5) is 68.2 Å². The first-order valence-corrected chi connectivity index (χ1v) is 34.4. The number of benzene rings is 12. The first kappa shape index (κ1) is 54.5. The molecule has 0 unspecified atom stereocenters. The molecule has 4 heterocycles. The van der Waals surface area contributed by atoms with Crippen LogP contribution in [0.2, 0.25) is 0 Å². The predicted molar refractivity (Wildman–Crippen MR) is 369 cm³/mol. The van der Waals surface area contributed by atoms with Gasteiger partial charge in [0, 0.05) is 50.8 Å². The van der Waals surface area contributed by atoms with E-state index in [2.05, 4.69) is 0 Å². The molecule has 15 heteroatoms. The molecule has 1 aromatic heterocycles. The van der Waals surface area contributed by atoms with E-state index >= 15 is 13.7 Å². The summed E-state index contributed by atoms with van der Waals surface area (Å²) in [5.74, 6) is 1.12. The minimum absolute atomic E-state index is 0.372. The van der Waals surface area contributed by atoms with Crippen LogP contribution in [0.1, 0.15) is 0 Å². The van der Waals surface area contributed by atoms with Crippen molar-refractivity contribution >= 4 is 106 Å². The molecular weight excluding hydrogens is 1170 g/mol. The van der Waals surface area contributed by atoms with E-state index in [1.165, 1.54) is 0 Å². The van der Waals surface area contributed by atoms with Crippen molar-refractivity contribution in [3.8, 4) is 34.2 Å². The van der Waals surface area contributed by atoms with Gasteiger partial charge in [-0.05, 0) is 146 Å². The number of nitrogens with zero attached hydrogens (tertiary/aromatic N) is 9. The van der Waals surface area contributed by atoms with Crippen molar-refractivity contribution in [3.63, 3.8) is 0 Å². The average Bonchev–Trinajstić information content (AvgIpc) is 1.74. The first-order valence-electron chi connectivity index (χ1n) is 29.6. The summed E-state index contributed by atoms with van der Waals surface area (Å²) < 4.78 is 61.8. The van der Waals surface area contributed by atoms with Gasteiger partial charge >= 0.3 is 22.3 Å². The maximum atomic E-state index is 16.6. The Morgan fingerprint density at radius 1 is 0.189 bits per heavy atom. The molecule has 16 rings (SSSR count). The van der Waals surface area contributed by atoms with Crippen molar-refractivity contribution in [1.29, 1.82) is 0 Å². The van der Waals surface area contributed by atoms with Crippen LogP contribution < -0.4 is 43.9 Å². The van der Waals surface area contributed by atoms with E-state index < -0.39 is 22.3 Å². The van der Waals surface area contributed by atoms with Crippen LogP contribution in [0.5, 0.6) is 0 Å². The van der Waals surface area contributed by atoms with Crippen molar-refractivity contribution in [2.24, 2.45) is 0 Å². The topological polar surface area (TPSA) is 109 Å². The summed E-state index contributed by atoms with van der Waals surface area (Å²) in [4.78, 5) is 15.7. The second kappa shape index (κ2) is 22.1. The molecule has 90 heavy (non-hydrogen) atoms. The molecule has 0 bridgehead atoms. The highest BCUT2D eigenvalue weighted by Crippen LogP contribution is 2.72. The van der Waals surface area contributed by atoms with Gasteiger partial charge in [-0.1, -0.05) is 182 Å². The monoisotopic (exact) mass is 1220 g/mol. The molecule has 0 N–H and O–H groups in total. The number of rotatable bonds is 12. The molecule has 0 radical (unpaired) electrons. The summed E-state index contributed by atoms with van der Waals surface area (Å²) in [6.07, 6.45) is 0. The molecular formula is C75H54N9O3P3. The molecule has 12 nitrogen and oxygen atoms in total. The van der Waals surface area contributed by atoms with Gasteiger partial charge in [-0.25, -0.2) is 15.0 Å². The van der Waals surface area contributed by atoms with Crippen molar-refractivity contribution in [2.75, 3.05) is 28.0 Å². The van der Waals surface area contributed by atoms with Crippen LogP contribution >= 0.6 is 22.3 Å². The zero-order chi connectivity index (χ0) is 60.4. The molecule has 0 fully saturated rings. The first-order chi connectivity index (χ1) is 44.3. The summed E-state index contributed by atoms with van der Waals surface area (Å²) in [7, 11) is -11.1. The summed E-state index contributed by atoms with van der Waals surface area (Å²) >= 11 is 0. The number of anilines is 12. The number of para-hydroxylation sites is 12. The normalized spacial score (nSPS) is 14.9. The number of hydrogen-bond acceptors (Lipinski definition) is 6. The lowest BCUT2D eigenvalue weighted by Crippen LogP contribution is -2.26. The molecule has 0 atom stereocenters. The Hall–Kier alpha value is -10.9. The van der Waals surface area contributed by atoms with Gasteiger partial charge in [0.25, 0.3) is 0 Å². The zero-order valence-electron chi connectivity index (χ0n) is 48.3. The van der Waals surface area contributed by atoms with E-state index in [1.807, 2.05) is 356 Å². The van der Waals surface area contributed by atoms with Crippen molar-refractivity contribution < 1.29 is 13.7 Å². The Morgan fingerprint density at radius 2 is 0.344 bits per heavy atom. The molecule has 0 amide bonds. The highest BCUT2D eigenvalue weighted by atomic mass is 31.2. The van der Waals surface area contributed by atoms with Crippen LogP contribution in [-0.2, 0) is 13.7 Å². The summed E-state index contributed by atoms with van der Waals surface area (Å²) in [5.41, 5.74) is 11.7. The second-order valence-electron chi connectivity index (χ2n) is 21.9. The fourth-order valence-corrected chi connectivity index (χ4v) is 21.7. The number of hydrogen-bond donors (Lipinski definition) is 0. The van der Waals surface area contributed by atoms with E-state index in [0.29, 0.717) is 50.1 Å². The van der Waals surface area contributed by atoms with Gasteiger partial charge in [0.1, 0.15) is 0 Å². The van der Waals surface area contributed by atoms with Gasteiger partial charge in [-0.2, -0.15) is 0 Å². The fraction of sp³-hybridized carbons (Fsp3) is 0. The van der Waals surface area contributed by atoms with E-state index in [-0.39, 0.29) is 0 Å². The maximum Gasteiger partial charge on any atom is 0.301 e. The molecule has 3 aliphatic rings. The highest BCUT2D eigenvalue weighted by Gasteiger charge is 2.52. The smallest absolute Gasteiger partial charge is 0.270 e. The minimum Gasteiger partial charge on any atom is -0.270 e. The molecule has 13 aromatic rings. The minimum atomic E-state index is -3.71. The van der Waals surface area contributed by atoms with Gasteiger partial charge in [0.2, 0.25) is 0 Å². The molecule has 432 valence electrons. The maximum absolute atomic E-state index is 16.6. The molecule has 0 saturated heterocycles. The third-order valence-electron chi connectivity index (χ3n) is 16.7. The Bertz CT molecular complexity index is 4240. The largest absolute Gasteiger partial charge is 0.301 e. The van der Waals surface area contributed by atoms with Gasteiger partial charge < -0.3 is 0 Å². The second-order valence-corrected chi connectivity index (χ2v) is 29.1. The number of fused-ring (bicyclic) bond motifs is 3. The lowest BCUT2D eigenvalue weighted by atomic mass is 10.1. The molecule has 0 aliphatic carbocycles. The Kier molecular flexibility index (Phi) is 13.4. The van der Waals surface area contributed by atoms with E-state index in [4.69, 9.17) is 15.0 Å². The van der Waals surface area contributed by atoms with E-state index in [1.54, 1.807) is 0 Å².